The number of pyridine rings is 1. The van der Waals surface area contributed by atoms with Crippen LogP contribution < -0.4 is 4.90 Å². The molecule has 1 aliphatic carbocycles. The lowest BCUT2D eigenvalue weighted by Gasteiger charge is -2.33. The summed E-state index contributed by atoms with van der Waals surface area (Å²) in [6.07, 6.45) is -1.12. The van der Waals surface area contributed by atoms with E-state index >= 15 is 0 Å². The fourth-order valence-corrected chi connectivity index (χ4v) is 5.38. The highest BCUT2D eigenvalue weighted by Gasteiger charge is 2.38. The van der Waals surface area contributed by atoms with Crippen LogP contribution in [0.4, 0.5) is 23.4 Å². The molecule has 6 rings (SSSR count). The summed E-state index contributed by atoms with van der Waals surface area (Å²) in [4.78, 5) is 7.78. The predicted octanol–water partition coefficient (Wildman–Crippen LogP) is 5.34. The fourth-order valence-electron chi connectivity index (χ4n) is 5.19. The van der Waals surface area contributed by atoms with Crippen molar-refractivity contribution in [1.29, 1.82) is 0 Å². The molecule has 184 valence electrons. The van der Waals surface area contributed by atoms with Crippen LogP contribution in [0.25, 0.3) is 5.69 Å². The second-order valence-corrected chi connectivity index (χ2v) is 9.91. The van der Waals surface area contributed by atoms with Crippen LogP contribution in [0.3, 0.4) is 0 Å². The number of anilines is 1. The molecule has 3 aliphatic rings. The van der Waals surface area contributed by atoms with Gasteiger partial charge in [-0.15, -0.1) is 10.2 Å². The smallest absolute Gasteiger partial charge is 0.357 e. The summed E-state index contributed by atoms with van der Waals surface area (Å²) in [6, 6.07) is 8.60. The van der Waals surface area contributed by atoms with Crippen LogP contribution in [-0.4, -0.2) is 43.8 Å². The standard InChI is InChI=1S/C24H23ClF4N6/c25-16-1-5-19-15(11-16)12-34(17-2-3-17)13-21-31-32-23(35(19)21)14-7-9-33(10-8-14)20-6-4-18(26)22(30-20)24(27,28)29/h1,4-6,11,14,17H,2-3,7-10,12-13H2. The van der Waals surface area contributed by atoms with E-state index in [-0.39, 0.29) is 11.7 Å². The number of aromatic nitrogens is 4. The number of nitrogens with zero attached hydrogens (tertiary/aromatic N) is 6. The highest BCUT2D eigenvalue weighted by atomic mass is 35.5. The van der Waals surface area contributed by atoms with E-state index in [1.54, 1.807) is 4.90 Å². The van der Waals surface area contributed by atoms with Gasteiger partial charge in [-0.2, -0.15) is 13.2 Å². The first kappa shape index (κ1) is 22.7. The Morgan fingerprint density at radius 1 is 0.943 bits per heavy atom. The molecule has 0 radical (unpaired) electrons. The minimum Gasteiger partial charge on any atom is -0.357 e. The van der Waals surface area contributed by atoms with E-state index in [1.807, 2.05) is 18.2 Å². The number of piperidine rings is 1. The van der Waals surface area contributed by atoms with E-state index in [4.69, 9.17) is 11.6 Å². The first-order chi connectivity index (χ1) is 16.8. The number of halogens is 5. The van der Waals surface area contributed by atoms with E-state index < -0.39 is 17.7 Å². The lowest BCUT2D eigenvalue weighted by molar-refractivity contribution is -0.143. The second kappa shape index (κ2) is 8.44. The zero-order chi connectivity index (χ0) is 24.3. The van der Waals surface area contributed by atoms with Crippen LogP contribution in [-0.2, 0) is 19.3 Å². The van der Waals surface area contributed by atoms with Gasteiger partial charge >= 0.3 is 6.18 Å². The van der Waals surface area contributed by atoms with Crippen LogP contribution in [0.2, 0.25) is 5.02 Å². The highest BCUT2D eigenvalue weighted by molar-refractivity contribution is 6.30. The van der Waals surface area contributed by atoms with Gasteiger partial charge in [0.2, 0.25) is 0 Å². The lowest BCUT2D eigenvalue weighted by atomic mass is 9.95. The summed E-state index contributed by atoms with van der Waals surface area (Å²) >= 11 is 6.32. The van der Waals surface area contributed by atoms with Crippen molar-refractivity contribution < 1.29 is 17.6 Å². The molecule has 3 aromatic rings. The van der Waals surface area contributed by atoms with Crippen molar-refractivity contribution in [3.05, 3.63) is 64.1 Å². The number of fused-ring (bicyclic) bond motifs is 3. The Bertz CT molecular complexity index is 1260. The Balaban J connectivity index is 1.27. The Morgan fingerprint density at radius 2 is 1.71 bits per heavy atom. The van der Waals surface area contributed by atoms with Gasteiger partial charge in [-0.05, 0) is 61.6 Å². The van der Waals surface area contributed by atoms with Gasteiger partial charge in [-0.25, -0.2) is 9.37 Å². The topological polar surface area (TPSA) is 50.1 Å². The summed E-state index contributed by atoms with van der Waals surface area (Å²) in [5.74, 6) is 0.624. The number of hydrogen-bond acceptors (Lipinski definition) is 5. The number of alkyl halides is 3. The Kier molecular flexibility index (Phi) is 5.48. The third-order valence-corrected chi connectivity index (χ3v) is 7.34. The molecule has 35 heavy (non-hydrogen) atoms. The molecular weight excluding hydrogens is 484 g/mol. The number of rotatable bonds is 3. The monoisotopic (exact) mass is 506 g/mol. The lowest BCUT2D eigenvalue weighted by Crippen LogP contribution is -2.34. The van der Waals surface area contributed by atoms with Crippen molar-refractivity contribution in [2.45, 2.75) is 56.9 Å². The van der Waals surface area contributed by atoms with Crippen molar-refractivity contribution in [3.8, 4) is 5.69 Å². The van der Waals surface area contributed by atoms with E-state index in [0.29, 0.717) is 43.5 Å². The van der Waals surface area contributed by atoms with Gasteiger partial charge in [-0.1, -0.05) is 11.6 Å². The third-order valence-electron chi connectivity index (χ3n) is 7.10. The Hall–Kier alpha value is -2.72. The molecular formula is C24H23ClF4N6. The minimum absolute atomic E-state index is 0.0889. The SMILES string of the molecule is Fc1ccc(N2CCC(c3nnc4n3-c3ccc(Cl)cc3CN(C3CC3)C4)CC2)nc1C(F)(F)F. The van der Waals surface area contributed by atoms with E-state index in [2.05, 4.69) is 24.6 Å². The average molecular weight is 507 g/mol. The molecule has 2 fully saturated rings. The van der Waals surface area contributed by atoms with Gasteiger partial charge in [-0.3, -0.25) is 9.47 Å². The maximum absolute atomic E-state index is 13.7. The summed E-state index contributed by atoms with van der Waals surface area (Å²) in [6.45, 7) is 2.50. The Morgan fingerprint density at radius 3 is 2.43 bits per heavy atom. The van der Waals surface area contributed by atoms with Crippen molar-refractivity contribution >= 4 is 17.4 Å². The van der Waals surface area contributed by atoms with E-state index in [0.717, 1.165) is 35.5 Å². The van der Waals surface area contributed by atoms with Gasteiger partial charge < -0.3 is 4.90 Å². The van der Waals surface area contributed by atoms with E-state index in [1.165, 1.54) is 18.9 Å². The van der Waals surface area contributed by atoms with Crippen molar-refractivity contribution in [3.63, 3.8) is 0 Å². The summed E-state index contributed by atoms with van der Waals surface area (Å²) in [5, 5.41) is 9.81. The molecule has 0 spiro atoms. The molecule has 6 nitrogen and oxygen atoms in total. The van der Waals surface area contributed by atoms with E-state index in [9.17, 15) is 17.6 Å². The molecule has 0 bridgehead atoms. The summed E-state index contributed by atoms with van der Waals surface area (Å²) in [7, 11) is 0. The quantitative estimate of drug-likeness (QED) is 0.449. The molecule has 4 heterocycles. The van der Waals surface area contributed by atoms with Crippen molar-refractivity contribution in [2.75, 3.05) is 18.0 Å². The first-order valence-electron chi connectivity index (χ1n) is 11.7. The van der Waals surface area contributed by atoms with Gasteiger partial charge in [0, 0.05) is 36.6 Å². The molecule has 0 amide bonds. The minimum atomic E-state index is -4.83. The van der Waals surface area contributed by atoms with Gasteiger partial charge in [0.15, 0.2) is 17.3 Å². The molecule has 0 N–H and O–H groups in total. The molecule has 2 aromatic heterocycles. The molecule has 1 saturated heterocycles. The normalized spacial score (nSPS) is 19.4. The second-order valence-electron chi connectivity index (χ2n) is 9.48. The van der Waals surface area contributed by atoms with Crippen LogP contribution >= 0.6 is 11.6 Å². The van der Waals surface area contributed by atoms with Crippen LogP contribution in [0.1, 0.15) is 54.5 Å². The summed E-state index contributed by atoms with van der Waals surface area (Å²) in [5.41, 5.74) is 0.692. The van der Waals surface area contributed by atoms with Crippen LogP contribution in [0.5, 0.6) is 0 Å². The predicted molar refractivity (Wildman–Crippen MR) is 122 cm³/mol. The summed E-state index contributed by atoms with van der Waals surface area (Å²) < 4.78 is 55.2. The highest BCUT2D eigenvalue weighted by Crippen LogP contribution is 2.38. The first-order valence-corrected chi connectivity index (χ1v) is 12.1. The number of hydrogen-bond donors (Lipinski definition) is 0. The molecule has 0 atom stereocenters. The van der Waals surface area contributed by atoms with Crippen LogP contribution in [0.15, 0.2) is 30.3 Å². The molecule has 2 aliphatic heterocycles. The molecule has 0 unspecified atom stereocenters. The molecule has 11 heteroatoms. The van der Waals surface area contributed by atoms with Crippen molar-refractivity contribution in [2.24, 2.45) is 0 Å². The zero-order valence-corrected chi connectivity index (χ0v) is 19.5. The average Bonchev–Trinajstić information content (AvgIpc) is 3.61. The van der Waals surface area contributed by atoms with Crippen LogP contribution in [0, 0.1) is 5.82 Å². The largest absolute Gasteiger partial charge is 0.436 e. The molecule has 1 aromatic carbocycles. The third kappa shape index (κ3) is 4.27. The maximum atomic E-state index is 13.7. The van der Waals surface area contributed by atoms with Gasteiger partial charge in [0.05, 0.1) is 12.2 Å². The molecule has 1 saturated carbocycles. The zero-order valence-electron chi connectivity index (χ0n) is 18.8. The number of benzene rings is 1. The maximum Gasteiger partial charge on any atom is 0.436 e. The fraction of sp³-hybridized carbons (Fsp3) is 0.458. The Labute approximate surface area is 204 Å². The van der Waals surface area contributed by atoms with Gasteiger partial charge in [0.1, 0.15) is 11.6 Å². The van der Waals surface area contributed by atoms with Crippen molar-refractivity contribution in [1.82, 2.24) is 24.6 Å². The van der Waals surface area contributed by atoms with Gasteiger partial charge in [0.25, 0.3) is 0 Å².